The molecule has 2 unspecified atom stereocenters. The minimum Gasteiger partial charge on any atom is -0.383 e. The van der Waals surface area contributed by atoms with Gasteiger partial charge < -0.3 is 15.0 Å². The number of aryl methyl sites for hydroxylation is 2. The Morgan fingerprint density at radius 1 is 1.33 bits per heavy atom. The molecule has 2 atom stereocenters. The summed E-state index contributed by atoms with van der Waals surface area (Å²) in [4.78, 5) is 2.51. The van der Waals surface area contributed by atoms with E-state index in [2.05, 4.69) is 43.1 Å². The standard InChI is InChI=1S/C16H30N4O/c1-12-6-8-20(11-13(12)2)16-15(10-17-7-9-21-5)14(3)18-19(16)4/h12-13,17H,6-11H2,1-5H3. The van der Waals surface area contributed by atoms with Gasteiger partial charge in [-0.1, -0.05) is 13.8 Å². The van der Waals surface area contributed by atoms with E-state index >= 15 is 0 Å². The van der Waals surface area contributed by atoms with E-state index in [-0.39, 0.29) is 0 Å². The van der Waals surface area contributed by atoms with Gasteiger partial charge in [-0.15, -0.1) is 0 Å². The third-order valence-corrected chi connectivity index (χ3v) is 4.73. The summed E-state index contributed by atoms with van der Waals surface area (Å²) in [6.07, 6.45) is 1.27. The molecule has 0 bridgehead atoms. The molecule has 2 rings (SSSR count). The summed E-state index contributed by atoms with van der Waals surface area (Å²) in [5.74, 6) is 2.85. The van der Waals surface area contributed by atoms with Gasteiger partial charge in [0.2, 0.25) is 0 Å². The van der Waals surface area contributed by atoms with E-state index in [0.717, 1.165) is 50.3 Å². The molecule has 1 N–H and O–H groups in total. The molecule has 1 saturated heterocycles. The van der Waals surface area contributed by atoms with E-state index in [0.29, 0.717) is 0 Å². The Bertz CT molecular complexity index is 457. The van der Waals surface area contributed by atoms with Crippen LogP contribution in [0.4, 0.5) is 5.82 Å². The zero-order valence-corrected chi connectivity index (χ0v) is 14.1. The molecule has 1 aromatic heterocycles. The molecule has 1 fully saturated rings. The van der Waals surface area contributed by atoms with E-state index in [1.54, 1.807) is 7.11 Å². The van der Waals surface area contributed by atoms with Crippen molar-refractivity contribution in [2.75, 3.05) is 38.3 Å². The molecule has 1 aliphatic rings. The van der Waals surface area contributed by atoms with Crippen molar-refractivity contribution in [3.05, 3.63) is 11.3 Å². The van der Waals surface area contributed by atoms with Crippen molar-refractivity contribution < 1.29 is 4.74 Å². The molecule has 1 aliphatic heterocycles. The normalized spacial score (nSPS) is 22.8. The molecule has 0 amide bonds. The number of methoxy groups -OCH3 is 1. The van der Waals surface area contributed by atoms with Crippen molar-refractivity contribution in [1.29, 1.82) is 0 Å². The van der Waals surface area contributed by atoms with E-state index < -0.39 is 0 Å². The molecule has 0 spiro atoms. The van der Waals surface area contributed by atoms with Crippen LogP contribution in [0.2, 0.25) is 0 Å². The highest BCUT2D eigenvalue weighted by Crippen LogP contribution is 2.30. The van der Waals surface area contributed by atoms with E-state index in [1.165, 1.54) is 17.8 Å². The van der Waals surface area contributed by atoms with Crippen molar-refractivity contribution in [3.63, 3.8) is 0 Å². The lowest BCUT2D eigenvalue weighted by Gasteiger charge is -2.37. The first kappa shape index (κ1) is 16.3. The quantitative estimate of drug-likeness (QED) is 0.814. The zero-order valence-electron chi connectivity index (χ0n) is 14.1. The lowest BCUT2D eigenvalue weighted by molar-refractivity contribution is 0.199. The second-order valence-corrected chi connectivity index (χ2v) is 6.37. The van der Waals surface area contributed by atoms with Gasteiger partial charge in [0.1, 0.15) is 5.82 Å². The number of rotatable bonds is 6. The molecule has 21 heavy (non-hydrogen) atoms. The van der Waals surface area contributed by atoms with Crippen molar-refractivity contribution in [1.82, 2.24) is 15.1 Å². The number of hydrogen-bond donors (Lipinski definition) is 1. The highest BCUT2D eigenvalue weighted by Gasteiger charge is 2.27. The van der Waals surface area contributed by atoms with Crippen molar-refractivity contribution >= 4 is 5.82 Å². The van der Waals surface area contributed by atoms with Gasteiger partial charge >= 0.3 is 0 Å². The molecule has 5 heteroatoms. The van der Waals surface area contributed by atoms with Crippen molar-refractivity contribution in [2.24, 2.45) is 18.9 Å². The van der Waals surface area contributed by atoms with Crippen LogP contribution in [0.1, 0.15) is 31.5 Å². The van der Waals surface area contributed by atoms with Crippen LogP contribution in [-0.2, 0) is 18.3 Å². The fraction of sp³-hybridized carbons (Fsp3) is 0.812. The first-order valence-electron chi connectivity index (χ1n) is 8.01. The van der Waals surface area contributed by atoms with Gasteiger partial charge in [-0.2, -0.15) is 5.10 Å². The Morgan fingerprint density at radius 2 is 2.10 bits per heavy atom. The molecular weight excluding hydrogens is 264 g/mol. The van der Waals surface area contributed by atoms with Gasteiger partial charge in [-0.05, 0) is 25.2 Å². The Balaban J connectivity index is 2.11. The summed E-state index contributed by atoms with van der Waals surface area (Å²) in [7, 11) is 3.79. The first-order valence-corrected chi connectivity index (χ1v) is 8.01. The number of ether oxygens (including phenoxy) is 1. The van der Waals surface area contributed by atoms with Gasteiger partial charge in [-0.3, -0.25) is 4.68 Å². The highest BCUT2D eigenvalue weighted by molar-refractivity contribution is 5.50. The highest BCUT2D eigenvalue weighted by atomic mass is 16.5. The predicted octanol–water partition coefficient (Wildman–Crippen LogP) is 1.95. The van der Waals surface area contributed by atoms with Crippen molar-refractivity contribution in [3.8, 4) is 0 Å². The van der Waals surface area contributed by atoms with E-state index in [1.807, 2.05) is 4.68 Å². The van der Waals surface area contributed by atoms with Crippen LogP contribution in [0.15, 0.2) is 0 Å². The van der Waals surface area contributed by atoms with Gasteiger partial charge in [0.25, 0.3) is 0 Å². The van der Waals surface area contributed by atoms with Crippen LogP contribution >= 0.6 is 0 Å². The number of hydrogen-bond acceptors (Lipinski definition) is 4. The average molecular weight is 294 g/mol. The predicted molar refractivity (Wildman–Crippen MR) is 86.7 cm³/mol. The molecule has 120 valence electrons. The van der Waals surface area contributed by atoms with Gasteiger partial charge in [0.05, 0.1) is 12.3 Å². The topological polar surface area (TPSA) is 42.3 Å². The second-order valence-electron chi connectivity index (χ2n) is 6.37. The van der Waals surface area contributed by atoms with Crippen LogP contribution in [-0.4, -0.2) is 43.1 Å². The Kier molecular flexibility index (Phi) is 5.65. The molecule has 5 nitrogen and oxygen atoms in total. The SMILES string of the molecule is COCCNCc1c(C)nn(C)c1N1CCC(C)C(C)C1. The molecule has 2 heterocycles. The Hall–Kier alpha value is -1.07. The monoisotopic (exact) mass is 294 g/mol. The summed E-state index contributed by atoms with van der Waals surface area (Å²) in [5.41, 5.74) is 2.46. The number of piperidine rings is 1. The summed E-state index contributed by atoms with van der Waals surface area (Å²) in [6.45, 7) is 11.6. The van der Waals surface area contributed by atoms with Gasteiger partial charge in [0, 0.05) is 45.9 Å². The van der Waals surface area contributed by atoms with Crippen LogP contribution < -0.4 is 10.2 Å². The minimum atomic E-state index is 0.739. The van der Waals surface area contributed by atoms with Crippen LogP contribution in [0.3, 0.4) is 0 Å². The van der Waals surface area contributed by atoms with Crippen LogP contribution in [0.5, 0.6) is 0 Å². The maximum Gasteiger partial charge on any atom is 0.131 e. The summed E-state index contributed by atoms with van der Waals surface area (Å²) < 4.78 is 7.14. The number of nitrogens with one attached hydrogen (secondary N) is 1. The third kappa shape index (κ3) is 3.77. The number of anilines is 1. The molecule has 0 aliphatic carbocycles. The summed E-state index contributed by atoms with van der Waals surface area (Å²) in [6, 6.07) is 0. The van der Waals surface area contributed by atoms with E-state index in [4.69, 9.17) is 4.74 Å². The molecular formula is C16H30N4O. The molecule has 0 aromatic carbocycles. The first-order chi connectivity index (χ1) is 10.0. The number of aromatic nitrogens is 2. The smallest absolute Gasteiger partial charge is 0.131 e. The fourth-order valence-corrected chi connectivity index (χ4v) is 3.14. The fourth-order valence-electron chi connectivity index (χ4n) is 3.14. The van der Waals surface area contributed by atoms with Crippen LogP contribution in [0, 0.1) is 18.8 Å². The maximum atomic E-state index is 5.09. The minimum absolute atomic E-state index is 0.739. The van der Waals surface area contributed by atoms with Crippen LogP contribution in [0.25, 0.3) is 0 Å². The van der Waals surface area contributed by atoms with Gasteiger partial charge in [0.15, 0.2) is 0 Å². The largest absolute Gasteiger partial charge is 0.383 e. The Labute approximate surface area is 128 Å². The average Bonchev–Trinajstić information content (AvgIpc) is 2.72. The second kappa shape index (κ2) is 7.27. The molecule has 0 radical (unpaired) electrons. The maximum absolute atomic E-state index is 5.09. The lowest BCUT2D eigenvalue weighted by Crippen LogP contribution is -2.40. The van der Waals surface area contributed by atoms with E-state index in [9.17, 15) is 0 Å². The molecule has 1 aromatic rings. The summed E-state index contributed by atoms with van der Waals surface area (Å²) >= 11 is 0. The lowest BCUT2D eigenvalue weighted by atomic mass is 9.88. The summed E-state index contributed by atoms with van der Waals surface area (Å²) in [5, 5.41) is 8.08. The molecule has 0 saturated carbocycles. The number of nitrogens with zero attached hydrogens (tertiary/aromatic N) is 3. The van der Waals surface area contributed by atoms with Gasteiger partial charge in [-0.25, -0.2) is 0 Å². The Morgan fingerprint density at radius 3 is 2.76 bits per heavy atom. The van der Waals surface area contributed by atoms with Crippen molar-refractivity contribution in [2.45, 2.75) is 33.7 Å². The third-order valence-electron chi connectivity index (χ3n) is 4.73. The zero-order chi connectivity index (χ0) is 15.4.